The first-order valence-electron chi connectivity index (χ1n) is 17.2. The normalized spacial score (nSPS) is 19.7. The number of thiol groups is 1. The van der Waals surface area contributed by atoms with E-state index in [-0.39, 0.29) is 23.2 Å². The fraction of sp³-hybridized carbons (Fsp3) is 0.351. The summed E-state index contributed by atoms with van der Waals surface area (Å²) in [7, 11) is -0.906. The maximum Gasteiger partial charge on any atom is 0.243 e. The highest BCUT2D eigenvalue weighted by molar-refractivity contribution is 7.80. The number of fused-ring (bicyclic) bond motifs is 1. The van der Waals surface area contributed by atoms with Crippen LogP contribution in [0, 0.1) is 0 Å². The Hall–Kier alpha value is -4.13. The van der Waals surface area contributed by atoms with E-state index in [2.05, 4.69) is 64.9 Å². The van der Waals surface area contributed by atoms with Crippen LogP contribution in [0.25, 0.3) is 0 Å². The fourth-order valence-electron chi connectivity index (χ4n) is 7.10. The highest BCUT2D eigenvalue weighted by Crippen LogP contribution is 2.41. The van der Waals surface area contributed by atoms with Gasteiger partial charge in [0.15, 0.2) is 5.82 Å². The second-order valence-electron chi connectivity index (χ2n) is 13.7. The fourth-order valence-corrected chi connectivity index (χ4v) is 8.89. The van der Waals surface area contributed by atoms with Crippen molar-refractivity contribution in [3.63, 3.8) is 0 Å². The number of carbonyl (C=O) groups excluding carboxylic acids is 2. The summed E-state index contributed by atoms with van der Waals surface area (Å²) >= 11 is 11.3. The Balaban J connectivity index is 0.966. The van der Waals surface area contributed by atoms with Gasteiger partial charge in [0.25, 0.3) is 0 Å². The molecule has 4 heterocycles. The number of amides is 2. The zero-order valence-corrected chi connectivity index (χ0v) is 31.8. The first-order valence-corrected chi connectivity index (χ1v) is 20.7. The number of piperazine rings is 1. The number of hydrogen-bond acceptors (Lipinski definition) is 12. The molecule has 0 aliphatic carbocycles. The molecule has 12 nitrogen and oxygen atoms in total. The number of aromatic nitrogens is 2. The number of carbonyl (C=O) groups is 2. The van der Waals surface area contributed by atoms with Gasteiger partial charge in [-0.3, -0.25) is 24.7 Å². The van der Waals surface area contributed by atoms with Crippen LogP contribution in [0.15, 0.2) is 66.9 Å². The number of para-hydroxylation sites is 1. The van der Waals surface area contributed by atoms with Gasteiger partial charge in [-0.25, -0.2) is 4.98 Å². The number of hydrogen-bond donors (Lipinski definition) is 4. The Morgan fingerprint density at radius 2 is 1.81 bits per heavy atom. The van der Waals surface area contributed by atoms with E-state index in [4.69, 9.17) is 29.0 Å². The van der Waals surface area contributed by atoms with Crippen molar-refractivity contribution < 1.29 is 18.9 Å². The highest BCUT2D eigenvalue weighted by Gasteiger charge is 2.39. The standard InChI is InChI=1S/C37H42ClN8O4PS/c1-50-31-19-25(9-11-28(31)41-37-39-20-27(38)34(43-37)40-29-6-4-5-7-32(29)51(2,3)49)45-16-14-44(15-17-45)21-23-8-10-26-24(18-23)22-46(36(26)52)30-12-13-33(47)42-35(30)48/h4-11,18-20,30,36,52H,12-17,21-22H2,1-3H3,(H,42,47,48)(H2,39,40,41,43). The molecule has 2 unspecified atom stereocenters. The number of methoxy groups -OCH3 is 1. The molecule has 0 radical (unpaired) electrons. The first kappa shape index (κ1) is 36.2. The van der Waals surface area contributed by atoms with E-state index in [0.29, 0.717) is 58.6 Å². The van der Waals surface area contributed by atoms with Gasteiger partial charge in [-0.2, -0.15) is 17.6 Å². The van der Waals surface area contributed by atoms with Crippen LogP contribution in [-0.4, -0.2) is 84.2 Å². The molecule has 1 aromatic heterocycles. The number of anilines is 5. The Morgan fingerprint density at radius 1 is 1.02 bits per heavy atom. The lowest BCUT2D eigenvalue weighted by molar-refractivity contribution is -0.137. The molecule has 2 fully saturated rings. The molecule has 0 saturated carbocycles. The van der Waals surface area contributed by atoms with Crippen LogP contribution >= 0.6 is 31.4 Å². The molecular weight excluding hydrogens is 719 g/mol. The van der Waals surface area contributed by atoms with Crippen LogP contribution in [0.4, 0.5) is 28.8 Å². The van der Waals surface area contributed by atoms with Crippen LogP contribution in [-0.2, 0) is 27.2 Å². The van der Waals surface area contributed by atoms with Crippen molar-refractivity contribution in [1.82, 2.24) is 25.1 Å². The SMILES string of the molecule is COc1cc(N2CCN(Cc3ccc4c(c3)CN(C3CCC(=O)NC3=O)C4S)CC2)ccc1Nc1ncc(Cl)c(Nc2ccccc2P(C)(C)=O)n1. The van der Waals surface area contributed by atoms with Gasteiger partial charge in [-0.05, 0) is 60.7 Å². The molecule has 0 bridgehead atoms. The third-order valence-corrected chi connectivity index (χ3v) is 12.2. The molecule has 4 aromatic rings. The number of ether oxygens (including phenoxy) is 1. The van der Waals surface area contributed by atoms with Crippen LogP contribution in [0.1, 0.15) is 34.9 Å². The predicted molar refractivity (Wildman–Crippen MR) is 210 cm³/mol. The average molecular weight is 761 g/mol. The summed E-state index contributed by atoms with van der Waals surface area (Å²) in [6.45, 7) is 8.47. The maximum absolute atomic E-state index is 12.9. The topological polar surface area (TPSA) is 132 Å². The minimum absolute atomic E-state index is 0.171. The number of halogens is 1. The molecule has 2 amide bonds. The Kier molecular flexibility index (Phi) is 10.5. The van der Waals surface area contributed by atoms with Crippen LogP contribution in [0.3, 0.4) is 0 Å². The first-order chi connectivity index (χ1) is 25.0. The lowest BCUT2D eigenvalue weighted by Gasteiger charge is -2.36. The van der Waals surface area contributed by atoms with Gasteiger partial charge in [0.1, 0.15) is 17.9 Å². The van der Waals surface area contributed by atoms with Gasteiger partial charge < -0.3 is 24.8 Å². The zero-order valence-electron chi connectivity index (χ0n) is 29.3. The number of nitrogens with zero attached hydrogens (tertiary/aromatic N) is 5. The third-order valence-electron chi connectivity index (χ3n) is 9.82. The second-order valence-corrected chi connectivity index (χ2v) is 17.8. The molecule has 2 saturated heterocycles. The van der Waals surface area contributed by atoms with Gasteiger partial charge in [-0.15, -0.1) is 0 Å². The predicted octanol–water partition coefficient (Wildman–Crippen LogP) is 5.75. The molecule has 0 spiro atoms. The van der Waals surface area contributed by atoms with Crippen LogP contribution < -0.4 is 30.9 Å². The summed E-state index contributed by atoms with van der Waals surface area (Å²) in [5.41, 5.74) is 6.00. The van der Waals surface area contributed by atoms with E-state index in [0.717, 1.165) is 44.0 Å². The highest BCUT2D eigenvalue weighted by atomic mass is 35.5. The minimum Gasteiger partial charge on any atom is -0.494 e. The lowest BCUT2D eigenvalue weighted by atomic mass is 10.0. The largest absolute Gasteiger partial charge is 0.494 e. The minimum atomic E-state index is -2.54. The molecule has 3 aliphatic heterocycles. The number of benzene rings is 3. The van der Waals surface area contributed by atoms with E-state index < -0.39 is 7.14 Å². The van der Waals surface area contributed by atoms with Crippen molar-refractivity contribution in [2.45, 2.75) is 37.3 Å². The molecule has 15 heteroatoms. The van der Waals surface area contributed by atoms with E-state index in [1.165, 1.54) is 17.3 Å². The molecule has 7 rings (SSSR count). The quantitative estimate of drug-likeness (QED) is 0.0896. The zero-order chi connectivity index (χ0) is 36.6. The van der Waals surface area contributed by atoms with Crippen molar-refractivity contribution in [3.8, 4) is 5.75 Å². The third kappa shape index (κ3) is 7.79. The summed E-state index contributed by atoms with van der Waals surface area (Å²) in [5.74, 6) is 0.952. The van der Waals surface area contributed by atoms with Crippen molar-refractivity contribution in [1.29, 1.82) is 0 Å². The summed E-state index contributed by atoms with van der Waals surface area (Å²) < 4.78 is 18.7. The molecular formula is C37H42ClN8O4PS. The molecule has 3 aliphatic rings. The van der Waals surface area contributed by atoms with Crippen molar-refractivity contribution >= 4 is 77.3 Å². The van der Waals surface area contributed by atoms with Gasteiger partial charge in [0.2, 0.25) is 17.8 Å². The summed E-state index contributed by atoms with van der Waals surface area (Å²) in [5, 5.41) is 9.86. The Labute approximate surface area is 314 Å². The molecule has 272 valence electrons. The average Bonchev–Trinajstić information content (AvgIpc) is 3.44. The number of piperidine rings is 1. The van der Waals surface area contributed by atoms with Crippen molar-refractivity contribution in [2.75, 3.05) is 62.2 Å². The van der Waals surface area contributed by atoms with Crippen LogP contribution in [0.5, 0.6) is 5.75 Å². The van der Waals surface area contributed by atoms with Gasteiger partial charge >= 0.3 is 0 Å². The van der Waals surface area contributed by atoms with E-state index in [9.17, 15) is 14.2 Å². The lowest BCUT2D eigenvalue weighted by Crippen LogP contribution is -2.51. The van der Waals surface area contributed by atoms with Crippen molar-refractivity contribution in [2.24, 2.45) is 0 Å². The Morgan fingerprint density at radius 3 is 2.56 bits per heavy atom. The molecule has 3 aromatic carbocycles. The van der Waals surface area contributed by atoms with Gasteiger partial charge in [0.05, 0.1) is 36.1 Å². The number of imide groups is 1. The van der Waals surface area contributed by atoms with Crippen LogP contribution in [0.2, 0.25) is 5.02 Å². The molecule has 52 heavy (non-hydrogen) atoms. The summed E-state index contributed by atoms with van der Waals surface area (Å²) in [6.07, 6.45) is 2.40. The van der Waals surface area contributed by atoms with Crippen molar-refractivity contribution in [3.05, 3.63) is 88.6 Å². The smallest absolute Gasteiger partial charge is 0.243 e. The second kappa shape index (κ2) is 15.1. The monoisotopic (exact) mass is 760 g/mol. The number of nitrogens with one attached hydrogen (secondary N) is 3. The van der Waals surface area contributed by atoms with E-state index in [1.54, 1.807) is 20.4 Å². The summed E-state index contributed by atoms with van der Waals surface area (Å²) in [6, 6.07) is 19.7. The summed E-state index contributed by atoms with van der Waals surface area (Å²) in [4.78, 5) is 40.1. The number of rotatable bonds is 10. The van der Waals surface area contributed by atoms with Gasteiger partial charge in [0, 0.05) is 62.7 Å². The maximum atomic E-state index is 12.9. The molecule has 2 atom stereocenters. The Bertz CT molecular complexity index is 2060. The van der Waals surface area contributed by atoms with E-state index in [1.807, 2.05) is 36.4 Å². The molecule has 3 N–H and O–H groups in total. The van der Waals surface area contributed by atoms with E-state index >= 15 is 0 Å². The van der Waals surface area contributed by atoms with Gasteiger partial charge in [-0.1, -0.05) is 41.9 Å².